The lowest BCUT2D eigenvalue weighted by molar-refractivity contribution is 0.193. The molecule has 32 heavy (non-hydrogen) atoms. The van der Waals surface area contributed by atoms with Crippen molar-refractivity contribution < 1.29 is 9.53 Å². The number of nitrogens with one attached hydrogen (secondary N) is 1. The molecular weight excluding hydrogens is 422 g/mol. The number of piperazine rings is 1. The monoisotopic (exact) mass is 459 g/mol. The Bertz CT molecular complexity index is 870. The van der Waals surface area contributed by atoms with Crippen LogP contribution in [0.3, 0.4) is 0 Å². The van der Waals surface area contributed by atoms with Crippen molar-refractivity contribution in [3.05, 3.63) is 59.2 Å². The lowest BCUT2D eigenvalue weighted by Crippen LogP contribution is -2.52. The van der Waals surface area contributed by atoms with E-state index in [1.54, 1.807) is 0 Å². The fourth-order valence-electron chi connectivity index (χ4n) is 3.85. The second-order valence-corrected chi connectivity index (χ2v) is 9.40. The molecule has 176 valence electrons. The number of ether oxygens (including phenoxy) is 1. The van der Waals surface area contributed by atoms with Crippen molar-refractivity contribution in [2.75, 3.05) is 44.2 Å². The minimum Gasteiger partial charge on any atom is -0.494 e. The van der Waals surface area contributed by atoms with Crippen LogP contribution in [0.2, 0.25) is 0 Å². The van der Waals surface area contributed by atoms with E-state index in [1.807, 2.05) is 17.0 Å². The van der Waals surface area contributed by atoms with Gasteiger partial charge in [-0.3, -0.25) is 0 Å². The number of halogens is 1. The molecule has 6 heteroatoms. The molecule has 1 saturated heterocycles. The van der Waals surface area contributed by atoms with E-state index in [4.69, 9.17) is 4.74 Å². The molecule has 1 fully saturated rings. The third-order valence-corrected chi connectivity index (χ3v) is 6.07. The van der Waals surface area contributed by atoms with Crippen LogP contribution in [0.1, 0.15) is 43.9 Å². The molecule has 3 rings (SSSR count). The van der Waals surface area contributed by atoms with E-state index in [1.165, 1.54) is 22.4 Å². The lowest BCUT2D eigenvalue weighted by Gasteiger charge is -2.37. The van der Waals surface area contributed by atoms with Gasteiger partial charge in [-0.2, -0.15) is 0 Å². The Hall–Kier alpha value is -2.40. The molecule has 0 aliphatic carbocycles. The van der Waals surface area contributed by atoms with Crippen LogP contribution in [-0.2, 0) is 5.41 Å². The number of rotatable bonds is 6. The van der Waals surface area contributed by atoms with E-state index in [0.717, 1.165) is 38.3 Å². The molecule has 2 amide bonds. The fourth-order valence-corrected chi connectivity index (χ4v) is 3.85. The van der Waals surface area contributed by atoms with E-state index in [9.17, 15) is 4.79 Å². The van der Waals surface area contributed by atoms with E-state index < -0.39 is 0 Å². The maximum Gasteiger partial charge on any atom is 0.317 e. The molecule has 1 aliphatic rings. The summed E-state index contributed by atoms with van der Waals surface area (Å²) in [5.41, 5.74) is 5.36. The molecule has 2 aromatic rings. The molecule has 2 aromatic carbocycles. The van der Waals surface area contributed by atoms with Crippen molar-refractivity contribution in [1.29, 1.82) is 0 Å². The SMILES string of the molecule is Cc1cccc(N2CCN(C(=O)NCCCOc3ccc(C(C)(C)C)cc3)CC2)c1C.Cl. The highest BCUT2D eigenvalue weighted by atomic mass is 35.5. The maximum atomic E-state index is 12.5. The van der Waals surface area contributed by atoms with Gasteiger partial charge < -0.3 is 19.9 Å². The maximum absolute atomic E-state index is 12.5. The summed E-state index contributed by atoms with van der Waals surface area (Å²) >= 11 is 0. The zero-order valence-electron chi connectivity index (χ0n) is 20.1. The molecule has 0 bridgehead atoms. The Balaban J connectivity index is 0.00000363. The summed E-state index contributed by atoms with van der Waals surface area (Å²) in [4.78, 5) is 16.8. The zero-order chi connectivity index (χ0) is 22.4. The highest BCUT2D eigenvalue weighted by Gasteiger charge is 2.22. The van der Waals surface area contributed by atoms with Gasteiger partial charge in [0.1, 0.15) is 5.75 Å². The number of carbonyl (C=O) groups is 1. The van der Waals surface area contributed by atoms with Gasteiger partial charge in [0, 0.05) is 38.4 Å². The first-order valence-corrected chi connectivity index (χ1v) is 11.3. The Morgan fingerprint density at radius 3 is 2.28 bits per heavy atom. The van der Waals surface area contributed by atoms with Gasteiger partial charge in [-0.1, -0.05) is 45.0 Å². The van der Waals surface area contributed by atoms with Crippen LogP contribution in [0.4, 0.5) is 10.5 Å². The Labute approximate surface area is 199 Å². The van der Waals surface area contributed by atoms with Crippen LogP contribution in [0, 0.1) is 13.8 Å². The molecule has 0 saturated carbocycles. The summed E-state index contributed by atoms with van der Waals surface area (Å²) in [5.74, 6) is 0.877. The van der Waals surface area contributed by atoms with Gasteiger partial charge in [0.05, 0.1) is 6.61 Å². The Kier molecular flexibility index (Phi) is 9.26. The van der Waals surface area contributed by atoms with Crippen LogP contribution >= 0.6 is 12.4 Å². The molecule has 0 aromatic heterocycles. The summed E-state index contributed by atoms with van der Waals surface area (Å²) in [6.07, 6.45) is 0.787. The number of nitrogens with zero attached hydrogens (tertiary/aromatic N) is 2. The van der Waals surface area contributed by atoms with Crippen molar-refractivity contribution in [3.63, 3.8) is 0 Å². The van der Waals surface area contributed by atoms with E-state index in [0.29, 0.717) is 13.2 Å². The first-order valence-electron chi connectivity index (χ1n) is 11.3. The first kappa shape index (κ1) is 25.9. The fraction of sp³-hybridized carbons (Fsp3) is 0.500. The van der Waals surface area contributed by atoms with Crippen molar-refractivity contribution in [2.45, 2.75) is 46.5 Å². The van der Waals surface area contributed by atoms with Crippen LogP contribution in [0.25, 0.3) is 0 Å². The second-order valence-electron chi connectivity index (χ2n) is 9.40. The quantitative estimate of drug-likeness (QED) is 0.594. The number of carbonyl (C=O) groups excluding carboxylic acids is 1. The number of benzene rings is 2. The molecular formula is C26H38ClN3O2. The van der Waals surface area contributed by atoms with Gasteiger partial charge in [-0.05, 0) is 60.6 Å². The van der Waals surface area contributed by atoms with Gasteiger partial charge in [0.15, 0.2) is 0 Å². The number of amides is 2. The average molecular weight is 460 g/mol. The van der Waals surface area contributed by atoms with Crippen molar-refractivity contribution in [1.82, 2.24) is 10.2 Å². The highest BCUT2D eigenvalue weighted by Crippen LogP contribution is 2.25. The van der Waals surface area contributed by atoms with Crippen molar-refractivity contribution in [3.8, 4) is 5.75 Å². The third kappa shape index (κ3) is 6.80. The first-order chi connectivity index (χ1) is 14.8. The highest BCUT2D eigenvalue weighted by molar-refractivity contribution is 5.85. The molecule has 1 N–H and O–H groups in total. The Morgan fingerprint density at radius 1 is 1.00 bits per heavy atom. The van der Waals surface area contributed by atoms with Crippen molar-refractivity contribution >= 4 is 24.1 Å². The van der Waals surface area contributed by atoms with E-state index in [-0.39, 0.29) is 23.9 Å². The summed E-state index contributed by atoms with van der Waals surface area (Å²) in [7, 11) is 0. The summed E-state index contributed by atoms with van der Waals surface area (Å²) in [6, 6.07) is 14.7. The summed E-state index contributed by atoms with van der Waals surface area (Å²) in [6.45, 7) is 15.4. The van der Waals surface area contributed by atoms with Gasteiger partial charge in [0.2, 0.25) is 0 Å². The lowest BCUT2D eigenvalue weighted by atomic mass is 9.87. The van der Waals surface area contributed by atoms with Crippen LogP contribution in [0.5, 0.6) is 5.75 Å². The summed E-state index contributed by atoms with van der Waals surface area (Å²) < 4.78 is 5.81. The molecule has 1 heterocycles. The summed E-state index contributed by atoms with van der Waals surface area (Å²) in [5, 5.41) is 3.03. The topological polar surface area (TPSA) is 44.8 Å². The van der Waals surface area contributed by atoms with Crippen LogP contribution in [0.15, 0.2) is 42.5 Å². The van der Waals surface area contributed by atoms with Gasteiger partial charge in [-0.15, -0.1) is 12.4 Å². The third-order valence-electron chi connectivity index (χ3n) is 6.07. The predicted molar refractivity (Wildman–Crippen MR) is 136 cm³/mol. The average Bonchev–Trinajstić information content (AvgIpc) is 2.75. The zero-order valence-corrected chi connectivity index (χ0v) is 20.9. The largest absolute Gasteiger partial charge is 0.494 e. The Morgan fingerprint density at radius 2 is 1.66 bits per heavy atom. The van der Waals surface area contributed by atoms with Gasteiger partial charge in [-0.25, -0.2) is 4.79 Å². The van der Waals surface area contributed by atoms with E-state index >= 15 is 0 Å². The second kappa shape index (κ2) is 11.5. The molecule has 0 atom stereocenters. The standard InChI is InChI=1S/C26H37N3O2.ClH/c1-20-8-6-9-24(21(20)2)28-15-17-29(18-16-28)25(30)27-14-7-19-31-23-12-10-22(11-13-23)26(3,4)5;/h6,8-13H,7,14-19H2,1-5H3,(H,27,30);1H. The number of anilines is 1. The normalized spacial score (nSPS) is 14.0. The number of hydrogen-bond donors (Lipinski definition) is 1. The van der Waals surface area contributed by atoms with Gasteiger partial charge >= 0.3 is 6.03 Å². The predicted octanol–water partition coefficient (Wildman–Crippen LogP) is 5.32. The smallest absolute Gasteiger partial charge is 0.317 e. The molecule has 5 nitrogen and oxygen atoms in total. The molecule has 0 spiro atoms. The number of aryl methyl sites for hydroxylation is 1. The minimum atomic E-state index is 0. The van der Waals surface area contributed by atoms with E-state index in [2.05, 4.69) is 75.2 Å². The number of urea groups is 1. The van der Waals surface area contributed by atoms with Crippen molar-refractivity contribution in [2.24, 2.45) is 0 Å². The molecule has 0 unspecified atom stereocenters. The van der Waals surface area contributed by atoms with Crippen LogP contribution in [-0.4, -0.2) is 50.3 Å². The molecule has 0 radical (unpaired) electrons. The van der Waals surface area contributed by atoms with Crippen LogP contribution < -0.4 is 15.0 Å². The molecule has 1 aliphatic heterocycles. The number of hydrogen-bond acceptors (Lipinski definition) is 3. The van der Waals surface area contributed by atoms with Gasteiger partial charge in [0.25, 0.3) is 0 Å². The minimum absolute atomic E-state index is 0.